The van der Waals surface area contributed by atoms with E-state index in [1.807, 2.05) is 13.8 Å². The first-order chi connectivity index (χ1) is 14.3. The average Bonchev–Trinajstić information content (AvgIpc) is 2.71. The summed E-state index contributed by atoms with van der Waals surface area (Å²) in [7, 11) is -4.57. The van der Waals surface area contributed by atoms with Crippen LogP contribution in [0.1, 0.15) is 60.2 Å². The van der Waals surface area contributed by atoms with Crippen molar-refractivity contribution in [2.45, 2.75) is 44.4 Å². The van der Waals surface area contributed by atoms with Gasteiger partial charge in [0.05, 0.1) is 29.2 Å². The van der Waals surface area contributed by atoms with E-state index in [1.165, 1.54) is 0 Å². The molecule has 1 aromatic rings. The van der Waals surface area contributed by atoms with Crippen molar-refractivity contribution in [1.29, 1.82) is 0 Å². The van der Waals surface area contributed by atoms with Crippen LogP contribution in [0.2, 0.25) is 0 Å². The maximum atomic E-state index is 12.4. The highest BCUT2D eigenvalue weighted by Crippen LogP contribution is 2.18. The molecule has 0 saturated heterocycles. The molecular weight excluding hydrogens is 416 g/mol. The summed E-state index contributed by atoms with van der Waals surface area (Å²) in [5, 5.41) is 0. The summed E-state index contributed by atoms with van der Waals surface area (Å²) >= 11 is 0. The number of hydrogen-bond donors (Lipinski definition) is 1. The third-order valence-electron chi connectivity index (χ3n) is 3.93. The van der Waals surface area contributed by atoms with Gasteiger partial charge in [-0.3, -0.25) is 4.55 Å². The Kier molecular flexibility index (Phi) is 12.2. The van der Waals surface area contributed by atoms with Crippen LogP contribution in [0.25, 0.3) is 0 Å². The molecule has 0 saturated carbocycles. The summed E-state index contributed by atoms with van der Waals surface area (Å²) in [6.45, 7) is 5.39. The van der Waals surface area contributed by atoms with Gasteiger partial charge >= 0.3 is 11.9 Å². The molecule has 9 nitrogen and oxygen atoms in total. The Morgan fingerprint density at radius 2 is 1.30 bits per heavy atom. The third-order valence-corrected chi connectivity index (χ3v) is 4.78. The van der Waals surface area contributed by atoms with Gasteiger partial charge in [-0.05, 0) is 31.0 Å². The fourth-order valence-electron chi connectivity index (χ4n) is 2.27. The van der Waals surface area contributed by atoms with Gasteiger partial charge in [-0.1, -0.05) is 26.7 Å². The van der Waals surface area contributed by atoms with E-state index < -0.39 is 27.0 Å². The minimum atomic E-state index is -4.57. The Morgan fingerprint density at radius 3 is 1.77 bits per heavy atom. The van der Waals surface area contributed by atoms with Crippen LogP contribution in [0.5, 0.6) is 0 Å². The lowest BCUT2D eigenvalue weighted by Crippen LogP contribution is -2.18. The SMILES string of the molecule is CCCCOCCOC(=O)c1ccc(S(=O)(=O)O)cc1C(=O)OCCOCCCC. The molecule has 30 heavy (non-hydrogen) atoms. The molecule has 10 heteroatoms. The quantitative estimate of drug-likeness (QED) is 0.246. The summed E-state index contributed by atoms with van der Waals surface area (Å²) < 4.78 is 52.8. The Hall–Kier alpha value is -2.01. The van der Waals surface area contributed by atoms with Gasteiger partial charge in [0.25, 0.3) is 10.1 Å². The minimum Gasteiger partial charge on any atom is -0.460 e. The first-order valence-corrected chi connectivity index (χ1v) is 11.4. The molecule has 1 rings (SSSR count). The summed E-state index contributed by atoms with van der Waals surface area (Å²) in [5.74, 6) is -1.76. The van der Waals surface area contributed by atoms with Gasteiger partial charge in [-0.2, -0.15) is 8.42 Å². The van der Waals surface area contributed by atoms with Gasteiger partial charge in [0, 0.05) is 13.2 Å². The van der Waals surface area contributed by atoms with E-state index >= 15 is 0 Å². The van der Waals surface area contributed by atoms with Crippen molar-refractivity contribution in [2.24, 2.45) is 0 Å². The maximum Gasteiger partial charge on any atom is 0.339 e. The van der Waals surface area contributed by atoms with Crippen molar-refractivity contribution in [1.82, 2.24) is 0 Å². The molecule has 0 aliphatic carbocycles. The van der Waals surface area contributed by atoms with Crippen molar-refractivity contribution in [2.75, 3.05) is 39.6 Å². The van der Waals surface area contributed by atoms with Crippen molar-refractivity contribution in [3.63, 3.8) is 0 Å². The molecule has 0 unspecified atom stereocenters. The first-order valence-electron chi connectivity index (χ1n) is 9.92. The van der Waals surface area contributed by atoms with Gasteiger partial charge in [0.1, 0.15) is 13.2 Å². The maximum absolute atomic E-state index is 12.4. The van der Waals surface area contributed by atoms with Crippen LogP contribution >= 0.6 is 0 Å². The Labute approximate surface area is 177 Å². The predicted molar refractivity (Wildman–Crippen MR) is 108 cm³/mol. The molecule has 0 amide bonds. The van der Waals surface area contributed by atoms with Gasteiger partial charge in [0.2, 0.25) is 0 Å². The minimum absolute atomic E-state index is 0.0254. The molecule has 0 bridgehead atoms. The van der Waals surface area contributed by atoms with E-state index in [-0.39, 0.29) is 37.6 Å². The fourth-order valence-corrected chi connectivity index (χ4v) is 2.78. The fraction of sp³-hybridized carbons (Fsp3) is 0.600. The molecule has 0 atom stereocenters. The number of carbonyl (C=O) groups excluding carboxylic acids is 2. The molecule has 0 radical (unpaired) electrons. The van der Waals surface area contributed by atoms with Gasteiger partial charge in [0.15, 0.2) is 0 Å². The highest BCUT2D eigenvalue weighted by atomic mass is 32.2. The molecule has 1 N–H and O–H groups in total. The van der Waals surface area contributed by atoms with Crippen LogP contribution in [0.3, 0.4) is 0 Å². The van der Waals surface area contributed by atoms with Crippen LogP contribution in [0.4, 0.5) is 0 Å². The lowest BCUT2D eigenvalue weighted by molar-refractivity contribution is 0.0276. The van der Waals surface area contributed by atoms with E-state index in [0.717, 1.165) is 43.9 Å². The van der Waals surface area contributed by atoms with Crippen LogP contribution in [0, 0.1) is 0 Å². The number of benzene rings is 1. The molecule has 0 fully saturated rings. The molecule has 0 heterocycles. The first kappa shape index (κ1) is 26.0. The molecule has 0 aliphatic heterocycles. The van der Waals surface area contributed by atoms with E-state index in [9.17, 15) is 22.6 Å². The summed E-state index contributed by atoms with van der Waals surface area (Å²) in [6, 6.07) is 2.98. The second-order valence-electron chi connectivity index (χ2n) is 6.39. The number of carbonyl (C=O) groups is 2. The molecule has 1 aromatic carbocycles. The number of unbranched alkanes of at least 4 members (excludes halogenated alkanes) is 2. The number of hydrogen-bond acceptors (Lipinski definition) is 8. The molecule has 0 spiro atoms. The van der Waals surface area contributed by atoms with E-state index in [2.05, 4.69) is 0 Å². The van der Waals surface area contributed by atoms with Crippen LogP contribution in [-0.2, 0) is 29.1 Å². The summed E-state index contributed by atoms with van der Waals surface area (Å²) in [5.41, 5.74) is -0.497. The number of rotatable bonds is 15. The molecule has 0 aliphatic rings. The molecular formula is C20H30O9S. The smallest absolute Gasteiger partial charge is 0.339 e. The van der Waals surface area contributed by atoms with E-state index in [0.29, 0.717) is 13.2 Å². The monoisotopic (exact) mass is 446 g/mol. The molecule has 170 valence electrons. The van der Waals surface area contributed by atoms with Crippen molar-refractivity contribution < 1.29 is 41.5 Å². The van der Waals surface area contributed by atoms with Gasteiger partial charge in [-0.25, -0.2) is 9.59 Å². The second-order valence-corrected chi connectivity index (χ2v) is 7.81. The van der Waals surface area contributed by atoms with Crippen LogP contribution < -0.4 is 0 Å². The predicted octanol–water partition coefficient (Wildman–Crippen LogP) is 2.88. The average molecular weight is 447 g/mol. The van der Waals surface area contributed by atoms with Crippen molar-refractivity contribution >= 4 is 22.1 Å². The van der Waals surface area contributed by atoms with E-state index in [1.54, 1.807) is 0 Å². The largest absolute Gasteiger partial charge is 0.460 e. The van der Waals surface area contributed by atoms with Gasteiger partial charge < -0.3 is 18.9 Å². The van der Waals surface area contributed by atoms with Crippen molar-refractivity contribution in [3.05, 3.63) is 29.3 Å². The lowest BCUT2D eigenvalue weighted by atomic mass is 10.1. The highest BCUT2D eigenvalue weighted by molar-refractivity contribution is 7.85. The van der Waals surface area contributed by atoms with Gasteiger partial charge in [-0.15, -0.1) is 0 Å². The lowest BCUT2D eigenvalue weighted by Gasteiger charge is -2.11. The summed E-state index contributed by atoms with van der Waals surface area (Å²) in [4.78, 5) is 24.2. The van der Waals surface area contributed by atoms with Crippen LogP contribution in [0.15, 0.2) is 23.1 Å². The van der Waals surface area contributed by atoms with E-state index in [4.69, 9.17) is 18.9 Å². The Morgan fingerprint density at radius 1 is 0.800 bits per heavy atom. The topological polar surface area (TPSA) is 125 Å². The second kappa shape index (κ2) is 14.1. The Balaban J connectivity index is 2.79. The normalized spacial score (nSPS) is 11.3. The Bertz CT molecular complexity index is 774. The number of ether oxygens (including phenoxy) is 4. The standard InChI is InChI=1S/C20H30O9S/c1-3-5-9-26-11-13-28-19(21)17-8-7-16(30(23,24)25)15-18(17)20(22)29-14-12-27-10-6-4-2/h7-8,15H,3-6,9-14H2,1-2H3,(H,23,24,25). The highest BCUT2D eigenvalue weighted by Gasteiger charge is 2.23. The number of esters is 2. The zero-order valence-electron chi connectivity index (χ0n) is 17.4. The third kappa shape index (κ3) is 9.66. The summed E-state index contributed by atoms with van der Waals surface area (Å²) in [6.07, 6.45) is 3.72. The van der Waals surface area contributed by atoms with Crippen molar-refractivity contribution in [3.8, 4) is 0 Å². The van der Waals surface area contributed by atoms with Crippen LogP contribution in [-0.4, -0.2) is 64.6 Å². The zero-order chi connectivity index (χ0) is 22.4. The molecule has 0 aromatic heterocycles. The zero-order valence-corrected chi connectivity index (χ0v) is 18.2.